The number of methoxy groups -OCH3 is 3. The summed E-state index contributed by atoms with van der Waals surface area (Å²) in [5.74, 6) is 2.05. The summed E-state index contributed by atoms with van der Waals surface area (Å²) in [4.78, 5) is 18.3. The Bertz CT molecular complexity index is 1430. The largest absolute Gasteiger partial charge is 0.493 e. The normalized spacial score (nSPS) is 11.2. The molecule has 0 aliphatic heterocycles. The highest BCUT2D eigenvalue weighted by Gasteiger charge is 2.14. The summed E-state index contributed by atoms with van der Waals surface area (Å²) < 4.78 is 17.9. The smallest absolute Gasteiger partial charge is 0.266 e. The first-order valence-corrected chi connectivity index (χ1v) is 11.0. The molecule has 0 atom stereocenters. The molecule has 4 rings (SSSR count). The minimum absolute atomic E-state index is 0.170. The van der Waals surface area contributed by atoms with Crippen molar-refractivity contribution in [1.29, 1.82) is 0 Å². The van der Waals surface area contributed by atoms with Gasteiger partial charge < -0.3 is 14.2 Å². The Morgan fingerprint density at radius 2 is 1.50 bits per heavy atom. The van der Waals surface area contributed by atoms with E-state index >= 15 is 0 Å². The van der Waals surface area contributed by atoms with Gasteiger partial charge in [-0.3, -0.25) is 9.36 Å². The number of halogens is 1. The van der Waals surface area contributed by atoms with Crippen LogP contribution in [0.15, 0.2) is 53.3 Å². The Labute approximate surface area is 203 Å². The second kappa shape index (κ2) is 9.61. The molecule has 6 nitrogen and oxygen atoms in total. The first-order valence-electron chi connectivity index (χ1n) is 10.6. The van der Waals surface area contributed by atoms with E-state index in [1.807, 2.05) is 44.2 Å². The topological polar surface area (TPSA) is 62.6 Å². The highest BCUT2D eigenvalue weighted by molar-refractivity contribution is 6.31. The van der Waals surface area contributed by atoms with Gasteiger partial charge in [-0.05, 0) is 79.1 Å². The third kappa shape index (κ3) is 4.50. The molecule has 0 N–H and O–H groups in total. The molecule has 3 aromatic carbocycles. The predicted molar refractivity (Wildman–Crippen MR) is 137 cm³/mol. The Kier molecular flexibility index (Phi) is 6.61. The standard InChI is InChI=1S/C27H25ClN2O4/c1-16-10-17(2)12-20(11-16)30-25(29-22-15-19(28)7-8-21(22)27(30)31)9-6-18-13-23(32-3)26(34-5)24(14-18)33-4/h6-15H,1-5H3/b9-6+. The zero-order valence-corrected chi connectivity index (χ0v) is 20.4. The fourth-order valence-electron chi connectivity index (χ4n) is 3.99. The number of aromatic nitrogens is 2. The molecular formula is C27H25ClN2O4. The molecule has 0 bridgehead atoms. The van der Waals surface area contributed by atoms with E-state index in [1.54, 1.807) is 50.2 Å². The maximum atomic E-state index is 13.6. The van der Waals surface area contributed by atoms with Crippen LogP contribution in [0.4, 0.5) is 0 Å². The van der Waals surface area contributed by atoms with Gasteiger partial charge in [0, 0.05) is 5.02 Å². The molecule has 0 saturated heterocycles. The fraction of sp³-hybridized carbons (Fsp3) is 0.185. The van der Waals surface area contributed by atoms with Gasteiger partial charge in [0.25, 0.3) is 5.56 Å². The van der Waals surface area contributed by atoms with Gasteiger partial charge in [0.15, 0.2) is 11.5 Å². The molecule has 0 spiro atoms. The van der Waals surface area contributed by atoms with E-state index in [1.165, 1.54) is 0 Å². The number of benzene rings is 3. The van der Waals surface area contributed by atoms with E-state index in [4.69, 9.17) is 30.8 Å². The molecule has 0 fully saturated rings. The first-order chi connectivity index (χ1) is 16.3. The van der Waals surface area contributed by atoms with Crippen molar-refractivity contribution in [1.82, 2.24) is 9.55 Å². The van der Waals surface area contributed by atoms with Crippen molar-refractivity contribution < 1.29 is 14.2 Å². The zero-order chi connectivity index (χ0) is 24.4. The molecule has 1 aromatic heterocycles. The monoisotopic (exact) mass is 476 g/mol. The van der Waals surface area contributed by atoms with Crippen molar-refractivity contribution >= 4 is 34.7 Å². The van der Waals surface area contributed by atoms with Crippen LogP contribution in [0.25, 0.3) is 28.7 Å². The highest BCUT2D eigenvalue weighted by Crippen LogP contribution is 2.38. The predicted octanol–water partition coefficient (Wildman–Crippen LogP) is 5.85. The van der Waals surface area contributed by atoms with Crippen LogP contribution in [0.2, 0.25) is 5.02 Å². The zero-order valence-electron chi connectivity index (χ0n) is 19.7. The Morgan fingerprint density at radius 1 is 0.853 bits per heavy atom. The van der Waals surface area contributed by atoms with Crippen LogP contribution in [0.5, 0.6) is 17.2 Å². The number of hydrogen-bond donors (Lipinski definition) is 0. The SMILES string of the molecule is COc1cc(/C=C/c2nc3cc(Cl)ccc3c(=O)n2-c2cc(C)cc(C)c2)cc(OC)c1OC. The third-order valence-corrected chi connectivity index (χ3v) is 5.67. The highest BCUT2D eigenvalue weighted by atomic mass is 35.5. The number of hydrogen-bond acceptors (Lipinski definition) is 5. The van der Waals surface area contributed by atoms with Crippen LogP contribution >= 0.6 is 11.6 Å². The van der Waals surface area contributed by atoms with Gasteiger partial charge in [0.1, 0.15) is 5.82 Å². The van der Waals surface area contributed by atoms with Gasteiger partial charge in [-0.15, -0.1) is 0 Å². The van der Waals surface area contributed by atoms with Crippen LogP contribution in [0, 0.1) is 13.8 Å². The van der Waals surface area contributed by atoms with Gasteiger partial charge in [0.05, 0.1) is 37.9 Å². The van der Waals surface area contributed by atoms with Gasteiger partial charge in [0.2, 0.25) is 5.75 Å². The second-order valence-corrected chi connectivity index (χ2v) is 8.35. The number of fused-ring (bicyclic) bond motifs is 1. The fourth-order valence-corrected chi connectivity index (χ4v) is 4.15. The van der Waals surface area contributed by atoms with E-state index in [0.717, 1.165) is 22.4 Å². The summed E-state index contributed by atoms with van der Waals surface area (Å²) in [6, 6.07) is 14.8. The Hall–Kier alpha value is -3.77. The molecule has 4 aromatic rings. The lowest BCUT2D eigenvalue weighted by Crippen LogP contribution is -2.22. The van der Waals surface area contributed by atoms with Crippen LogP contribution in [0.3, 0.4) is 0 Å². The molecule has 174 valence electrons. The van der Waals surface area contributed by atoms with Crippen molar-refractivity contribution in [2.24, 2.45) is 0 Å². The molecule has 7 heteroatoms. The maximum Gasteiger partial charge on any atom is 0.266 e. The van der Waals surface area contributed by atoms with Gasteiger partial charge in [-0.2, -0.15) is 0 Å². The van der Waals surface area contributed by atoms with Crippen LogP contribution < -0.4 is 19.8 Å². The molecule has 0 aliphatic rings. The minimum atomic E-state index is -0.170. The van der Waals surface area contributed by atoms with Crippen LogP contribution in [-0.2, 0) is 0 Å². The summed E-state index contributed by atoms with van der Waals surface area (Å²) in [6.07, 6.45) is 3.64. The van der Waals surface area contributed by atoms with E-state index in [-0.39, 0.29) is 5.56 Å². The molecule has 1 heterocycles. The average molecular weight is 477 g/mol. The van der Waals surface area contributed by atoms with E-state index in [0.29, 0.717) is 39.0 Å². The summed E-state index contributed by atoms with van der Waals surface area (Å²) in [5.41, 5.74) is 4.01. The Morgan fingerprint density at radius 3 is 2.09 bits per heavy atom. The van der Waals surface area contributed by atoms with Crippen LogP contribution in [0.1, 0.15) is 22.5 Å². The van der Waals surface area contributed by atoms with Crippen molar-refractivity contribution in [2.45, 2.75) is 13.8 Å². The van der Waals surface area contributed by atoms with Crippen molar-refractivity contribution in [3.05, 3.63) is 86.4 Å². The molecule has 0 radical (unpaired) electrons. The van der Waals surface area contributed by atoms with Gasteiger partial charge in [-0.25, -0.2) is 4.98 Å². The average Bonchev–Trinajstić information content (AvgIpc) is 2.81. The van der Waals surface area contributed by atoms with Crippen LogP contribution in [-0.4, -0.2) is 30.9 Å². The lowest BCUT2D eigenvalue weighted by Gasteiger charge is -2.14. The van der Waals surface area contributed by atoms with Gasteiger partial charge in [-0.1, -0.05) is 23.7 Å². The van der Waals surface area contributed by atoms with E-state index < -0.39 is 0 Å². The van der Waals surface area contributed by atoms with Crippen molar-refractivity contribution in [3.63, 3.8) is 0 Å². The van der Waals surface area contributed by atoms with E-state index in [9.17, 15) is 4.79 Å². The number of nitrogens with zero attached hydrogens (tertiary/aromatic N) is 2. The summed E-state index contributed by atoms with van der Waals surface area (Å²) in [7, 11) is 4.69. The first kappa shape index (κ1) is 23.4. The number of ether oxygens (including phenoxy) is 3. The number of aryl methyl sites for hydroxylation is 2. The molecular weight excluding hydrogens is 452 g/mol. The van der Waals surface area contributed by atoms with Gasteiger partial charge >= 0.3 is 0 Å². The second-order valence-electron chi connectivity index (χ2n) is 7.91. The summed E-state index contributed by atoms with van der Waals surface area (Å²) in [6.45, 7) is 4.00. The Balaban J connectivity index is 1.94. The molecule has 34 heavy (non-hydrogen) atoms. The third-order valence-electron chi connectivity index (χ3n) is 5.43. The summed E-state index contributed by atoms with van der Waals surface area (Å²) >= 11 is 6.18. The molecule has 0 saturated carbocycles. The summed E-state index contributed by atoms with van der Waals surface area (Å²) in [5, 5.41) is 1.01. The lowest BCUT2D eigenvalue weighted by atomic mass is 10.1. The molecule has 0 unspecified atom stereocenters. The van der Waals surface area contributed by atoms with Crippen molar-refractivity contribution in [2.75, 3.05) is 21.3 Å². The lowest BCUT2D eigenvalue weighted by molar-refractivity contribution is 0.324. The van der Waals surface area contributed by atoms with E-state index in [2.05, 4.69) is 6.07 Å². The molecule has 0 amide bonds. The quantitative estimate of drug-likeness (QED) is 0.349. The minimum Gasteiger partial charge on any atom is -0.493 e. The van der Waals surface area contributed by atoms with Crippen molar-refractivity contribution in [3.8, 4) is 22.9 Å². The number of rotatable bonds is 6. The maximum absolute atomic E-state index is 13.6. The molecule has 0 aliphatic carbocycles.